The first-order valence-corrected chi connectivity index (χ1v) is 7.08. The lowest BCUT2D eigenvalue weighted by Crippen LogP contribution is -2.39. The minimum Gasteiger partial charge on any atom is -0.336 e. The van der Waals surface area contributed by atoms with Gasteiger partial charge in [0.2, 0.25) is 5.91 Å². The Morgan fingerprint density at radius 1 is 1.55 bits per heavy atom. The van der Waals surface area contributed by atoms with Gasteiger partial charge in [-0.25, -0.2) is 0 Å². The van der Waals surface area contributed by atoms with E-state index in [1.807, 2.05) is 23.2 Å². The number of hydrogen-bond acceptors (Lipinski definition) is 3. The van der Waals surface area contributed by atoms with E-state index in [1.165, 1.54) is 6.42 Å². The number of hydrogen-bond donors (Lipinski definition) is 1. The van der Waals surface area contributed by atoms with Crippen molar-refractivity contribution in [3.8, 4) is 0 Å². The van der Waals surface area contributed by atoms with Crippen LogP contribution in [0.1, 0.15) is 38.7 Å². The molecule has 1 aliphatic rings. The molecule has 4 nitrogen and oxygen atoms in total. The predicted octanol–water partition coefficient (Wildman–Crippen LogP) is 2.38. The maximum atomic E-state index is 12.4. The summed E-state index contributed by atoms with van der Waals surface area (Å²) in [7, 11) is 0. The lowest BCUT2D eigenvalue weighted by Gasteiger charge is -2.28. The van der Waals surface area contributed by atoms with Gasteiger partial charge in [-0.15, -0.1) is 12.4 Å². The van der Waals surface area contributed by atoms with Gasteiger partial charge in [0.25, 0.3) is 0 Å². The fourth-order valence-electron chi connectivity index (χ4n) is 2.51. The molecule has 112 valence electrons. The van der Waals surface area contributed by atoms with Gasteiger partial charge in [0.1, 0.15) is 0 Å². The summed E-state index contributed by atoms with van der Waals surface area (Å²) in [4.78, 5) is 18.5. The Morgan fingerprint density at radius 3 is 2.90 bits per heavy atom. The molecule has 2 rings (SSSR count). The average Bonchev–Trinajstić information content (AvgIpc) is 2.89. The lowest BCUT2D eigenvalue weighted by molar-refractivity contribution is -0.134. The monoisotopic (exact) mass is 297 g/mol. The Hall–Kier alpha value is -1.13. The van der Waals surface area contributed by atoms with Crippen molar-refractivity contribution in [2.24, 2.45) is 0 Å². The third kappa shape index (κ3) is 4.76. The van der Waals surface area contributed by atoms with Crippen LogP contribution in [-0.2, 0) is 11.3 Å². The average molecular weight is 298 g/mol. The molecular weight excluding hydrogens is 274 g/mol. The maximum Gasteiger partial charge on any atom is 0.224 e. The second-order valence-corrected chi connectivity index (χ2v) is 5.47. The molecule has 0 saturated carbocycles. The van der Waals surface area contributed by atoms with Crippen LogP contribution in [0.15, 0.2) is 24.5 Å². The molecule has 1 aromatic heterocycles. The quantitative estimate of drug-likeness (QED) is 0.907. The third-order valence-corrected chi connectivity index (χ3v) is 3.60. The molecule has 1 aliphatic heterocycles. The first kappa shape index (κ1) is 16.9. The number of pyridine rings is 1. The van der Waals surface area contributed by atoms with Crippen molar-refractivity contribution in [3.63, 3.8) is 0 Å². The van der Waals surface area contributed by atoms with Crippen LogP contribution in [0.2, 0.25) is 0 Å². The van der Waals surface area contributed by atoms with Gasteiger partial charge in [-0.3, -0.25) is 9.78 Å². The summed E-state index contributed by atoms with van der Waals surface area (Å²) in [6, 6.07) is 4.51. The van der Waals surface area contributed by atoms with E-state index in [0.29, 0.717) is 19.0 Å². The van der Waals surface area contributed by atoms with Crippen molar-refractivity contribution in [1.29, 1.82) is 0 Å². The highest BCUT2D eigenvalue weighted by molar-refractivity contribution is 5.85. The van der Waals surface area contributed by atoms with Crippen molar-refractivity contribution in [3.05, 3.63) is 30.1 Å². The highest BCUT2D eigenvalue weighted by atomic mass is 35.5. The van der Waals surface area contributed by atoms with E-state index in [4.69, 9.17) is 0 Å². The molecule has 0 aliphatic carbocycles. The van der Waals surface area contributed by atoms with E-state index in [1.54, 1.807) is 6.20 Å². The number of rotatable bonds is 5. The molecule has 2 heterocycles. The van der Waals surface area contributed by atoms with Crippen LogP contribution in [0.5, 0.6) is 0 Å². The van der Waals surface area contributed by atoms with E-state index < -0.39 is 0 Å². The van der Waals surface area contributed by atoms with Crippen molar-refractivity contribution in [2.75, 3.05) is 6.54 Å². The Morgan fingerprint density at radius 2 is 2.35 bits per heavy atom. The number of nitrogens with zero attached hydrogens (tertiary/aromatic N) is 2. The molecule has 0 spiro atoms. The van der Waals surface area contributed by atoms with E-state index in [-0.39, 0.29) is 24.4 Å². The van der Waals surface area contributed by atoms with Gasteiger partial charge in [0.15, 0.2) is 0 Å². The Balaban J connectivity index is 0.00000200. The second kappa shape index (κ2) is 8.22. The Kier molecular flexibility index (Phi) is 6.96. The number of nitrogens with one attached hydrogen (secondary N) is 1. The van der Waals surface area contributed by atoms with Crippen LogP contribution in [0, 0.1) is 0 Å². The fourth-order valence-corrected chi connectivity index (χ4v) is 2.51. The molecule has 1 amide bonds. The molecule has 0 aromatic carbocycles. The van der Waals surface area contributed by atoms with Crippen molar-refractivity contribution < 1.29 is 4.79 Å². The topological polar surface area (TPSA) is 45.2 Å². The molecule has 1 atom stereocenters. The van der Waals surface area contributed by atoms with Gasteiger partial charge in [-0.05, 0) is 44.9 Å². The molecule has 0 radical (unpaired) electrons. The molecule has 1 saturated heterocycles. The van der Waals surface area contributed by atoms with Crippen LogP contribution in [0.3, 0.4) is 0 Å². The van der Waals surface area contributed by atoms with Crippen molar-refractivity contribution in [1.82, 2.24) is 15.2 Å². The van der Waals surface area contributed by atoms with Gasteiger partial charge >= 0.3 is 0 Å². The largest absolute Gasteiger partial charge is 0.336 e. The number of amides is 1. The van der Waals surface area contributed by atoms with Crippen molar-refractivity contribution >= 4 is 18.3 Å². The standard InChI is InChI=1S/C15H23N3O.ClH/c1-12(2)18(11-13-5-3-7-16-10-13)15(19)9-14-6-4-8-17-14;/h3,5,7,10,12,14,17H,4,6,8-9,11H2,1-2H3;1H. The van der Waals surface area contributed by atoms with Crippen LogP contribution in [0.25, 0.3) is 0 Å². The van der Waals surface area contributed by atoms with Gasteiger partial charge in [-0.2, -0.15) is 0 Å². The predicted molar refractivity (Wildman–Crippen MR) is 82.8 cm³/mol. The molecule has 5 heteroatoms. The van der Waals surface area contributed by atoms with Gasteiger partial charge in [0.05, 0.1) is 0 Å². The van der Waals surface area contributed by atoms with Gasteiger partial charge in [-0.1, -0.05) is 6.07 Å². The van der Waals surface area contributed by atoms with E-state index in [0.717, 1.165) is 18.5 Å². The minimum absolute atomic E-state index is 0. The molecular formula is C15H24ClN3O. The molecule has 20 heavy (non-hydrogen) atoms. The smallest absolute Gasteiger partial charge is 0.224 e. The molecule has 0 bridgehead atoms. The number of carbonyl (C=O) groups excluding carboxylic acids is 1. The summed E-state index contributed by atoms with van der Waals surface area (Å²) in [5.74, 6) is 0.234. The highest BCUT2D eigenvalue weighted by Crippen LogP contribution is 2.14. The van der Waals surface area contributed by atoms with Crippen molar-refractivity contribution in [2.45, 2.75) is 51.7 Å². The zero-order valence-electron chi connectivity index (χ0n) is 12.2. The van der Waals surface area contributed by atoms with E-state index in [2.05, 4.69) is 24.1 Å². The van der Waals surface area contributed by atoms with Crippen LogP contribution in [-0.4, -0.2) is 34.4 Å². The fraction of sp³-hybridized carbons (Fsp3) is 0.600. The molecule has 1 fully saturated rings. The molecule has 1 aromatic rings. The first-order chi connectivity index (χ1) is 9.16. The lowest BCUT2D eigenvalue weighted by atomic mass is 10.1. The zero-order valence-corrected chi connectivity index (χ0v) is 13.0. The van der Waals surface area contributed by atoms with Gasteiger partial charge < -0.3 is 10.2 Å². The van der Waals surface area contributed by atoms with Crippen LogP contribution >= 0.6 is 12.4 Å². The summed E-state index contributed by atoms with van der Waals surface area (Å²) >= 11 is 0. The maximum absolute atomic E-state index is 12.4. The highest BCUT2D eigenvalue weighted by Gasteiger charge is 2.23. The minimum atomic E-state index is 0. The molecule has 1 unspecified atom stereocenters. The summed E-state index contributed by atoms with van der Waals surface area (Å²) < 4.78 is 0. The molecule has 1 N–H and O–H groups in total. The third-order valence-electron chi connectivity index (χ3n) is 3.60. The number of carbonyl (C=O) groups is 1. The summed E-state index contributed by atoms with van der Waals surface area (Å²) in [5.41, 5.74) is 1.09. The van der Waals surface area contributed by atoms with E-state index >= 15 is 0 Å². The van der Waals surface area contributed by atoms with Gasteiger partial charge in [0, 0.05) is 37.4 Å². The first-order valence-electron chi connectivity index (χ1n) is 7.08. The number of halogens is 1. The summed E-state index contributed by atoms with van der Waals surface area (Å²) in [6.45, 7) is 5.83. The number of aromatic nitrogens is 1. The Bertz CT molecular complexity index is 405. The summed E-state index contributed by atoms with van der Waals surface area (Å²) in [5, 5.41) is 3.39. The normalized spacial score (nSPS) is 17.9. The zero-order chi connectivity index (χ0) is 13.7. The van der Waals surface area contributed by atoms with E-state index in [9.17, 15) is 4.79 Å². The Labute approximate surface area is 127 Å². The SMILES string of the molecule is CC(C)N(Cc1cccnc1)C(=O)CC1CCCN1.Cl. The van der Waals surface area contributed by atoms with Crippen LogP contribution in [0.4, 0.5) is 0 Å². The summed E-state index contributed by atoms with van der Waals surface area (Å²) in [6.07, 6.45) is 6.50. The van der Waals surface area contributed by atoms with Crippen LogP contribution < -0.4 is 5.32 Å². The second-order valence-electron chi connectivity index (χ2n) is 5.47.